The maximum Gasteiger partial charge on any atom is 0.0950 e. The van der Waals surface area contributed by atoms with Gasteiger partial charge in [-0.1, -0.05) is 13.3 Å². The Morgan fingerprint density at radius 3 is 2.87 bits per heavy atom. The minimum atomic E-state index is 0.315. The van der Waals surface area contributed by atoms with Crippen LogP contribution in [0.2, 0.25) is 0 Å². The smallest absolute Gasteiger partial charge is 0.0950 e. The van der Waals surface area contributed by atoms with E-state index in [1.54, 1.807) is 19.6 Å². The molecule has 0 saturated heterocycles. The predicted molar refractivity (Wildman–Crippen MR) is 60.8 cm³/mol. The summed E-state index contributed by atoms with van der Waals surface area (Å²) in [5, 5.41) is 3.54. The Hall–Kier alpha value is -0.800. The zero-order chi connectivity index (χ0) is 11.1. The SMILES string of the molecule is CCCC(COC)NC(C)c1ccoc1. The zero-order valence-electron chi connectivity index (χ0n) is 9.82. The molecular weight excluding hydrogens is 190 g/mol. The highest BCUT2D eigenvalue weighted by Gasteiger charge is 2.12. The van der Waals surface area contributed by atoms with Gasteiger partial charge in [-0.3, -0.25) is 0 Å². The van der Waals surface area contributed by atoms with Gasteiger partial charge in [0.15, 0.2) is 0 Å². The number of nitrogens with one attached hydrogen (secondary N) is 1. The molecule has 0 aliphatic rings. The summed E-state index contributed by atoms with van der Waals surface area (Å²) in [5.74, 6) is 0. The number of hydrogen-bond acceptors (Lipinski definition) is 3. The summed E-state index contributed by atoms with van der Waals surface area (Å²) in [6, 6.07) is 2.73. The molecule has 3 heteroatoms. The topological polar surface area (TPSA) is 34.4 Å². The molecule has 15 heavy (non-hydrogen) atoms. The number of hydrogen-bond donors (Lipinski definition) is 1. The molecule has 2 atom stereocenters. The van der Waals surface area contributed by atoms with E-state index in [0.717, 1.165) is 13.0 Å². The van der Waals surface area contributed by atoms with Crippen LogP contribution >= 0.6 is 0 Å². The maximum absolute atomic E-state index is 5.19. The quantitative estimate of drug-likeness (QED) is 0.753. The van der Waals surface area contributed by atoms with Gasteiger partial charge in [-0.05, 0) is 19.4 Å². The van der Waals surface area contributed by atoms with Crippen LogP contribution in [-0.2, 0) is 4.74 Å². The number of ether oxygens (including phenoxy) is 1. The van der Waals surface area contributed by atoms with Gasteiger partial charge in [0.25, 0.3) is 0 Å². The molecule has 0 amide bonds. The summed E-state index contributed by atoms with van der Waals surface area (Å²) < 4.78 is 10.3. The summed E-state index contributed by atoms with van der Waals surface area (Å²) in [6.07, 6.45) is 5.79. The predicted octanol–water partition coefficient (Wildman–Crippen LogP) is 2.75. The van der Waals surface area contributed by atoms with Gasteiger partial charge in [-0.2, -0.15) is 0 Å². The molecule has 1 aromatic heterocycles. The molecule has 0 radical (unpaired) electrons. The lowest BCUT2D eigenvalue weighted by molar-refractivity contribution is 0.157. The Labute approximate surface area is 91.8 Å². The second-order valence-corrected chi connectivity index (χ2v) is 3.89. The van der Waals surface area contributed by atoms with Crippen LogP contribution in [0.1, 0.15) is 38.3 Å². The number of furan rings is 1. The largest absolute Gasteiger partial charge is 0.472 e. The summed E-state index contributed by atoms with van der Waals surface area (Å²) in [7, 11) is 1.74. The molecular formula is C12H21NO2. The van der Waals surface area contributed by atoms with Gasteiger partial charge in [-0.25, -0.2) is 0 Å². The second kappa shape index (κ2) is 6.64. The highest BCUT2D eigenvalue weighted by Crippen LogP contribution is 2.14. The summed E-state index contributed by atoms with van der Waals surface area (Å²) in [4.78, 5) is 0. The van der Waals surface area contributed by atoms with E-state index < -0.39 is 0 Å². The van der Waals surface area contributed by atoms with Gasteiger partial charge >= 0.3 is 0 Å². The van der Waals surface area contributed by atoms with E-state index in [1.807, 2.05) is 6.07 Å². The first-order valence-electron chi connectivity index (χ1n) is 5.55. The van der Waals surface area contributed by atoms with Gasteiger partial charge in [0.05, 0.1) is 19.1 Å². The summed E-state index contributed by atoms with van der Waals surface area (Å²) in [6.45, 7) is 5.09. The van der Waals surface area contributed by atoms with E-state index in [1.165, 1.54) is 12.0 Å². The molecule has 0 fully saturated rings. The van der Waals surface area contributed by atoms with Crippen LogP contribution in [0.5, 0.6) is 0 Å². The van der Waals surface area contributed by atoms with Gasteiger partial charge < -0.3 is 14.5 Å². The van der Waals surface area contributed by atoms with Crippen LogP contribution in [-0.4, -0.2) is 19.8 Å². The van der Waals surface area contributed by atoms with E-state index in [2.05, 4.69) is 19.2 Å². The van der Waals surface area contributed by atoms with Crippen LogP contribution in [0.3, 0.4) is 0 Å². The van der Waals surface area contributed by atoms with Crippen LogP contribution < -0.4 is 5.32 Å². The van der Waals surface area contributed by atoms with Crippen LogP contribution in [0.4, 0.5) is 0 Å². The van der Waals surface area contributed by atoms with Crippen molar-refractivity contribution in [2.24, 2.45) is 0 Å². The lowest BCUT2D eigenvalue weighted by atomic mass is 10.1. The Kier molecular flexibility index (Phi) is 5.43. The zero-order valence-corrected chi connectivity index (χ0v) is 9.82. The fraction of sp³-hybridized carbons (Fsp3) is 0.667. The standard InChI is InChI=1S/C12H21NO2/c1-4-5-12(9-14-3)13-10(2)11-6-7-15-8-11/h6-8,10,12-13H,4-5,9H2,1-3H3. The second-order valence-electron chi connectivity index (χ2n) is 3.89. The van der Waals surface area contributed by atoms with Crippen molar-refractivity contribution in [1.29, 1.82) is 0 Å². The van der Waals surface area contributed by atoms with Gasteiger partial charge in [0.1, 0.15) is 0 Å². The molecule has 1 rings (SSSR count). The van der Waals surface area contributed by atoms with Crippen molar-refractivity contribution in [3.8, 4) is 0 Å². The molecule has 0 saturated carbocycles. The Morgan fingerprint density at radius 1 is 1.53 bits per heavy atom. The Bertz CT molecular complexity index is 240. The molecule has 0 spiro atoms. The van der Waals surface area contributed by atoms with E-state index in [4.69, 9.17) is 9.15 Å². The third-order valence-electron chi connectivity index (χ3n) is 2.53. The van der Waals surface area contributed by atoms with E-state index in [0.29, 0.717) is 12.1 Å². The number of methoxy groups -OCH3 is 1. The third kappa shape index (κ3) is 4.06. The lowest BCUT2D eigenvalue weighted by Crippen LogP contribution is -2.34. The molecule has 0 aliphatic carbocycles. The van der Waals surface area contributed by atoms with Crippen LogP contribution in [0.15, 0.2) is 23.0 Å². The molecule has 0 bridgehead atoms. The van der Waals surface area contributed by atoms with Gasteiger partial charge in [0, 0.05) is 24.8 Å². The average molecular weight is 211 g/mol. The first-order chi connectivity index (χ1) is 7.27. The van der Waals surface area contributed by atoms with Crippen molar-refractivity contribution in [3.63, 3.8) is 0 Å². The molecule has 0 aromatic carbocycles. The fourth-order valence-corrected chi connectivity index (χ4v) is 1.74. The average Bonchev–Trinajstić information content (AvgIpc) is 2.71. The highest BCUT2D eigenvalue weighted by molar-refractivity contribution is 5.10. The van der Waals surface area contributed by atoms with Crippen molar-refractivity contribution < 1.29 is 9.15 Å². The third-order valence-corrected chi connectivity index (χ3v) is 2.53. The molecule has 1 aromatic rings. The Morgan fingerprint density at radius 2 is 2.33 bits per heavy atom. The fourth-order valence-electron chi connectivity index (χ4n) is 1.74. The molecule has 1 N–H and O–H groups in total. The minimum absolute atomic E-state index is 0.315. The monoisotopic (exact) mass is 211 g/mol. The van der Waals surface area contributed by atoms with E-state index >= 15 is 0 Å². The van der Waals surface area contributed by atoms with E-state index in [-0.39, 0.29) is 0 Å². The molecule has 86 valence electrons. The van der Waals surface area contributed by atoms with Crippen molar-refractivity contribution in [3.05, 3.63) is 24.2 Å². The normalized spacial score (nSPS) is 15.1. The molecule has 1 heterocycles. The van der Waals surface area contributed by atoms with Crippen LogP contribution in [0, 0.1) is 0 Å². The van der Waals surface area contributed by atoms with Crippen molar-refractivity contribution >= 4 is 0 Å². The molecule has 2 unspecified atom stereocenters. The molecule has 3 nitrogen and oxygen atoms in total. The van der Waals surface area contributed by atoms with Gasteiger partial charge in [-0.15, -0.1) is 0 Å². The summed E-state index contributed by atoms with van der Waals surface area (Å²) >= 11 is 0. The van der Waals surface area contributed by atoms with Crippen molar-refractivity contribution in [2.75, 3.05) is 13.7 Å². The minimum Gasteiger partial charge on any atom is -0.472 e. The van der Waals surface area contributed by atoms with Gasteiger partial charge in [0.2, 0.25) is 0 Å². The summed E-state index contributed by atoms with van der Waals surface area (Å²) in [5.41, 5.74) is 1.19. The van der Waals surface area contributed by atoms with E-state index in [9.17, 15) is 0 Å². The lowest BCUT2D eigenvalue weighted by Gasteiger charge is -2.21. The van der Waals surface area contributed by atoms with Crippen molar-refractivity contribution in [2.45, 2.75) is 38.8 Å². The molecule has 0 aliphatic heterocycles. The number of rotatable bonds is 7. The highest BCUT2D eigenvalue weighted by atomic mass is 16.5. The van der Waals surface area contributed by atoms with Crippen molar-refractivity contribution in [1.82, 2.24) is 5.32 Å². The first kappa shape index (κ1) is 12.3. The Balaban J connectivity index is 2.43. The maximum atomic E-state index is 5.19. The first-order valence-corrected chi connectivity index (χ1v) is 5.55. The van der Waals surface area contributed by atoms with Crippen LogP contribution in [0.25, 0.3) is 0 Å².